The van der Waals surface area contributed by atoms with Crippen molar-refractivity contribution < 1.29 is 18.9 Å². The summed E-state index contributed by atoms with van der Waals surface area (Å²) in [5.74, 6) is 0.160. The molecule has 1 aliphatic rings. The van der Waals surface area contributed by atoms with Gasteiger partial charge in [-0.05, 0) is 28.2 Å². The fraction of sp³-hybridized carbons (Fsp3) is 0.273. The van der Waals surface area contributed by atoms with Crippen molar-refractivity contribution in [2.45, 2.75) is 44.2 Å². The first-order valence-corrected chi connectivity index (χ1v) is 12.9. The van der Waals surface area contributed by atoms with Gasteiger partial charge >= 0.3 is 0 Å². The number of hydrogen-bond acceptors (Lipinski definition) is 4. The Morgan fingerprint density at radius 2 is 1.16 bits per heavy atom. The van der Waals surface area contributed by atoms with Gasteiger partial charge in [0.15, 0.2) is 12.6 Å². The Morgan fingerprint density at radius 1 is 0.703 bits per heavy atom. The van der Waals surface area contributed by atoms with E-state index in [0.717, 1.165) is 22.3 Å². The molecule has 4 nitrogen and oxygen atoms in total. The molecule has 4 heteroatoms. The summed E-state index contributed by atoms with van der Waals surface area (Å²) < 4.78 is 25.7. The summed E-state index contributed by atoms with van der Waals surface area (Å²) in [7, 11) is 1.66. The normalized spacial score (nSPS) is 22.0. The van der Waals surface area contributed by atoms with E-state index in [2.05, 4.69) is 91.9 Å². The van der Waals surface area contributed by atoms with E-state index in [1.165, 1.54) is 0 Å². The maximum Gasteiger partial charge on any atom is 0.186 e. The molecule has 0 bridgehead atoms. The lowest BCUT2D eigenvalue weighted by Crippen LogP contribution is -2.50. The van der Waals surface area contributed by atoms with Gasteiger partial charge in [-0.25, -0.2) is 0 Å². The molecule has 0 aliphatic carbocycles. The van der Waals surface area contributed by atoms with Gasteiger partial charge in [-0.3, -0.25) is 0 Å². The van der Waals surface area contributed by atoms with Gasteiger partial charge in [-0.15, -0.1) is 0 Å². The summed E-state index contributed by atoms with van der Waals surface area (Å²) in [5.41, 5.74) is 3.39. The molecule has 5 rings (SSSR count). The molecular formula is C33H34O4. The Morgan fingerprint density at radius 3 is 1.62 bits per heavy atom. The van der Waals surface area contributed by atoms with E-state index in [0.29, 0.717) is 13.0 Å². The molecule has 4 aromatic carbocycles. The third-order valence-electron chi connectivity index (χ3n) is 7.05. The second-order valence-electron chi connectivity index (χ2n) is 9.54. The smallest absolute Gasteiger partial charge is 0.186 e. The fourth-order valence-corrected chi connectivity index (χ4v) is 5.18. The summed E-state index contributed by atoms with van der Waals surface area (Å²) in [6.07, 6.45) is -0.577. The van der Waals surface area contributed by atoms with E-state index in [1.807, 2.05) is 36.4 Å². The highest BCUT2D eigenvalue weighted by Crippen LogP contribution is 2.43. The van der Waals surface area contributed by atoms with Crippen molar-refractivity contribution in [2.75, 3.05) is 7.11 Å². The number of ether oxygens (including phenoxy) is 4. The van der Waals surface area contributed by atoms with Gasteiger partial charge in [0, 0.05) is 13.5 Å². The molecule has 0 radical (unpaired) electrons. The van der Waals surface area contributed by atoms with Crippen LogP contribution in [0.3, 0.4) is 0 Å². The highest BCUT2D eigenvalue weighted by molar-refractivity contribution is 5.47. The fourth-order valence-electron chi connectivity index (χ4n) is 5.18. The summed E-state index contributed by atoms with van der Waals surface area (Å²) in [6, 6.07) is 41.3. The molecule has 37 heavy (non-hydrogen) atoms. The second-order valence-corrected chi connectivity index (χ2v) is 9.54. The zero-order chi connectivity index (χ0) is 25.5. The van der Waals surface area contributed by atoms with Crippen LogP contribution in [0.15, 0.2) is 121 Å². The van der Waals surface area contributed by atoms with Crippen LogP contribution in [0.2, 0.25) is 0 Å². The Balaban J connectivity index is 1.47. The van der Waals surface area contributed by atoms with Crippen molar-refractivity contribution in [3.8, 4) is 0 Å². The molecular weight excluding hydrogens is 460 g/mol. The molecule has 1 aliphatic heterocycles. The van der Waals surface area contributed by atoms with Crippen LogP contribution in [0.4, 0.5) is 0 Å². The highest BCUT2D eigenvalue weighted by atomic mass is 16.8. The maximum atomic E-state index is 7.09. The second kappa shape index (κ2) is 11.8. The largest absolute Gasteiger partial charge is 0.368 e. The quantitative estimate of drug-likeness (QED) is 0.236. The van der Waals surface area contributed by atoms with Gasteiger partial charge in [-0.2, -0.15) is 0 Å². The van der Waals surface area contributed by atoms with Crippen molar-refractivity contribution >= 4 is 0 Å². The van der Waals surface area contributed by atoms with Crippen molar-refractivity contribution in [1.82, 2.24) is 0 Å². The zero-order valence-corrected chi connectivity index (χ0v) is 21.4. The Labute approximate surface area is 219 Å². The molecule has 1 heterocycles. The van der Waals surface area contributed by atoms with Crippen molar-refractivity contribution in [1.29, 1.82) is 0 Å². The van der Waals surface area contributed by atoms with Crippen LogP contribution in [-0.4, -0.2) is 25.8 Å². The molecule has 4 aromatic rings. The summed E-state index contributed by atoms with van der Waals surface area (Å²) in [6.45, 7) is 2.68. The van der Waals surface area contributed by atoms with Crippen LogP contribution in [0, 0.1) is 5.92 Å². The average Bonchev–Trinajstić information content (AvgIpc) is 2.97. The molecule has 0 N–H and O–H groups in total. The number of rotatable bonds is 9. The molecule has 0 aromatic heterocycles. The molecule has 1 saturated heterocycles. The molecule has 190 valence electrons. The highest BCUT2D eigenvalue weighted by Gasteiger charge is 2.45. The number of benzene rings is 4. The van der Waals surface area contributed by atoms with Gasteiger partial charge < -0.3 is 18.9 Å². The van der Waals surface area contributed by atoms with Crippen molar-refractivity contribution in [3.63, 3.8) is 0 Å². The van der Waals surface area contributed by atoms with E-state index in [-0.39, 0.29) is 12.0 Å². The molecule has 0 amide bonds. The molecule has 4 atom stereocenters. The molecule has 0 spiro atoms. The van der Waals surface area contributed by atoms with E-state index in [1.54, 1.807) is 7.11 Å². The third-order valence-corrected chi connectivity index (χ3v) is 7.05. The first-order valence-electron chi connectivity index (χ1n) is 12.9. The lowest BCUT2D eigenvalue weighted by Gasteiger charge is -2.44. The van der Waals surface area contributed by atoms with E-state index in [4.69, 9.17) is 18.9 Å². The number of hydrogen-bond donors (Lipinski definition) is 0. The van der Waals surface area contributed by atoms with Crippen molar-refractivity contribution in [3.05, 3.63) is 144 Å². The van der Waals surface area contributed by atoms with E-state index in [9.17, 15) is 0 Å². The topological polar surface area (TPSA) is 36.9 Å². The predicted octanol–water partition coefficient (Wildman–Crippen LogP) is 6.94. The Kier molecular flexibility index (Phi) is 8.12. The van der Waals surface area contributed by atoms with E-state index >= 15 is 0 Å². The SMILES string of the molecule is CO[C@H]1O[C@H](OC(c2ccccc2)(c2ccccc2)c2ccccc2)C[C@@H](C)[C@H]1OCc1ccccc1. The molecule has 1 fully saturated rings. The van der Waals surface area contributed by atoms with Crippen LogP contribution in [-0.2, 0) is 31.2 Å². The lowest BCUT2D eigenvalue weighted by atomic mass is 9.80. The zero-order valence-electron chi connectivity index (χ0n) is 21.4. The van der Waals surface area contributed by atoms with Gasteiger partial charge in [0.25, 0.3) is 0 Å². The molecule has 0 saturated carbocycles. The van der Waals surface area contributed by atoms with Crippen molar-refractivity contribution in [2.24, 2.45) is 5.92 Å². The first kappa shape index (κ1) is 25.4. The monoisotopic (exact) mass is 494 g/mol. The predicted molar refractivity (Wildman–Crippen MR) is 145 cm³/mol. The Hall–Kier alpha value is -3.28. The van der Waals surface area contributed by atoms with Crippen LogP contribution in [0.5, 0.6) is 0 Å². The van der Waals surface area contributed by atoms with Gasteiger partial charge in [0.05, 0.1) is 6.61 Å². The third kappa shape index (κ3) is 5.53. The van der Waals surface area contributed by atoms with Crippen LogP contribution in [0.25, 0.3) is 0 Å². The lowest BCUT2D eigenvalue weighted by molar-refractivity contribution is -0.326. The summed E-state index contributed by atoms with van der Waals surface area (Å²) in [5, 5.41) is 0. The standard InChI is InChI=1S/C33H34O4/c1-25-23-30(36-32(34-2)31(25)35-24-26-15-7-3-8-16-26)37-33(27-17-9-4-10-18-27,28-19-11-5-12-20-28)29-21-13-6-14-22-29/h3-22,25,30-32H,23-24H2,1-2H3/t25-,30-,31-,32+/m1/s1. The van der Waals surface area contributed by atoms with Crippen LogP contribution >= 0.6 is 0 Å². The van der Waals surface area contributed by atoms with Gasteiger partial charge in [0.2, 0.25) is 0 Å². The Bertz CT molecular complexity index is 1120. The minimum Gasteiger partial charge on any atom is -0.368 e. The maximum absolute atomic E-state index is 7.09. The van der Waals surface area contributed by atoms with Crippen LogP contribution < -0.4 is 0 Å². The summed E-state index contributed by atoms with van der Waals surface area (Å²) in [4.78, 5) is 0. The molecule has 0 unspecified atom stereocenters. The van der Waals surface area contributed by atoms with Gasteiger partial charge in [-0.1, -0.05) is 128 Å². The average molecular weight is 495 g/mol. The minimum atomic E-state index is -0.857. The minimum absolute atomic E-state index is 0.160. The van der Waals surface area contributed by atoms with Crippen LogP contribution in [0.1, 0.15) is 35.6 Å². The summed E-state index contributed by atoms with van der Waals surface area (Å²) >= 11 is 0. The first-order chi connectivity index (χ1) is 18.2. The number of methoxy groups -OCH3 is 1. The van der Waals surface area contributed by atoms with E-state index < -0.39 is 18.2 Å². The van der Waals surface area contributed by atoms with Gasteiger partial charge in [0.1, 0.15) is 11.7 Å².